The number of aliphatic hydroxyl groups is 1. The summed E-state index contributed by atoms with van der Waals surface area (Å²) in [6.45, 7) is 9.39. The van der Waals surface area contributed by atoms with Crippen LogP contribution in [0, 0.1) is 11.8 Å². The molecule has 0 aliphatic rings. The Labute approximate surface area is 505 Å². The lowest BCUT2D eigenvalue weighted by Gasteiger charge is -2.21. The molecule has 19 heteroatoms. The molecular weight excluding hydrogens is 1100 g/mol. The third-order valence-electron chi connectivity index (χ3n) is 14.7. The molecule has 0 bridgehead atoms. The summed E-state index contributed by atoms with van der Waals surface area (Å²) in [7, 11) is -9.88. The maximum Gasteiger partial charge on any atom is 0.472 e. The topological polar surface area (TPSA) is 237 Å². The molecule has 0 spiro atoms. The number of rotatable bonds is 63. The molecule has 0 rings (SSSR count). The van der Waals surface area contributed by atoms with E-state index in [1.165, 1.54) is 122 Å². The van der Waals surface area contributed by atoms with Crippen molar-refractivity contribution in [3.05, 3.63) is 0 Å². The fraction of sp³-hybridized carbons (Fsp3) is 0.938. The molecule has 83 heavy (non-hydrogen) atoms. The Morgan fingerprint density at radius 2 is 0.554 bits per heavy atom. The summed E-state index contributed by atoms with van der Waals surface area (Å²) in [5.74, 6) is -0.664. The van der Waals surface area contributed by atoms with Crippen molar-refractivity contribution in [3.8, 4) is 0 Å². The highest BCUT2D eigenvalue weighted by Crippen LogP contribution is 2.45. The van der Waals surface area contributed by atoms with Crippen molar-refractivity contribution >= 4 is 39.5 Å². The number of ether oxygens (including phenoxy) is 4. The Morgan fingerprint density at radius 1 is 0.325 bits per heavy atom. The molecule has 2 unspecified atom stereocenters. The van der Waals surface area contributed by atoms with Gasteiger partial charge in [-0.25, -0.2) is 9.13 Å². The zero-order chi connectivity index (χ0) is 61.5. The summed E-state index contributed by atoms with van der Waals surface area (Å²) >= 11 is 0. The first-order valence-electron chi connectivity index (χ1n) is 33.5. The van der Waals surface area contributed by atoms with Crippen molar-refractivity contribution in [2.75, 3.05) is 39.6 Å². The van der Waals surface area contributed by atoms with Crippen LogP contribution in [-0.4, -0.2) is 96.7 Å². The summed E-state index contributed by atoms with van der Waals surface area (Å²) in [6.07, 6.45) is 39.2. The number of esters is 4. The first-order chi connectivity index (χ1) is 39.9. The van der Waals surface area contributed by atoms with E-state index < -0.39 is 97.5 Å². The van der Waals surface area contributed by atoms with Crippen LogP contribution in [0.5, 0.6) is 0 Å². The summed E-state index contributed by atoms with van der Waals surface area (Å²) in [5.41, 5.74) is 0. The van der Waals surface area contributed by atoms with Gasteiger partial charge in [0.15, 0.2) is 12.2 Å². The quantitative estimate of drug-likeness (QED) is 0.0222. The van der Waals surface area contributed by atoms with Crippen LogP contribution in [-0.2, 0) is 65.4 Å². The smallest absolute Gasteiger partial charge is 0.462 e. The number of hydrogen-bond donors (Lipinski definition) is 3. The van der Waals surface area contributed by atoms with Gasteiger partial charge in [0, 0.05) is 25.7 Å². The van der Waals surface area contributed by atoms with Crippen LogP contribution in [0.3, 0.4) is 0 Å². The van der Waals surface area contributed by atoms with Gasteiger partial charge in [-0.05, 0) is 37.5 Å². The summed E-state index contributed by atoms with van der Waals surface area (Å²) in [4.78, 5) is 72.0. The van der Waals surface area contributed by atoms with Gasteiger partial charge in [-0.2, -0.15) is 0 Å². The van der Waals surface area contributed by atoms with Crippen LogP contribution in [0.4, 0.5) is 0 Å². The molecule has 5 atom stereocenters. The van der Waals surface area contributed by atoms with E-state index in [2.05, 4.69) is 41.5 Å². The van der Waals surface area contributed by atoms with Gasteiger partial charge in [0.1, 0.15) is 19.3 Å². The molecule has 0 radical (unpaired) electrons. The highest BCUT2D eigenvalue weighted by atomic mass is 31.2. The zero-order valence-corrected chi connectivity index (χ0v) is 55.3. The predicted octanol–water partition coefficient (Wildman–Crippen LogP) is 17.7. The first kappa shape index (κ1) is 81.1. The van der Waals surface area contributed by atoms with Crippen molar-refractivity contribution in [3.63, 3.8) is 0 Å². The fourth-order valence-corrected chi connectivity index (χ4v) is 11.1. The molecule has 0 aromatic carbocycles. The fourth-order valence-electron chi connectivity index (χ4n) is 9.53. The van der Waals surface area contributed by atoms with Gasteiger partial charge in [0.05, 0.1) is 26.4 Å². The lowest BCUT2D eigenvalue weighted by Crippen LogP contribution is -2.30. The highest BCUT2D eigenvalue weighted by Gasteiger charge is 2.30. The average molecular weight is 1230 g/mol. The minimum Gasteiger partial charge on any atom is -0.462 e. The van der Waals surface area contributed by atoms with E-state index in [0.29, 0.717) is 31.6 Å². The Bertz CT molecular complexity index is 1630. The van der Waals surface area contributed by atoms with E-state index in [9.17, 15) is 43.2 Å². The van der Waals surface area contributed by atoms with Crippen LogP contribution >= 0.6 is 15.6 Å². The third kappa shape index (κ3) is 58.8. The average Bonchev–Trinajstić information content (AvgIpc) is 3.44. The van der Waals surface area contributed by atoms with E-state index in [1.807, 2.05) is 0 Å². The molecular formula is C64H124O17P2. The molecule has 0 amide bonds. The molecule has 3 N–H and O–H groups in total. The van der Waals surface area contributed by atoms with Crippen molar-refractivity contribution in [2.24, 2.45) is 11.8 Å². The van der Waals surface area contributed by atoms with Crippen LogP contribution in [0.2, 0.25) is 0 Å². The third-order valence-corrected chi connectivity index (χ3v) is 16.6. The molecule has 0 saturated carbocycles. The number of unbranched alkanes of at least 4 members (excludes halogenated alkanes) is 33. The molecule has 0 aliphatic heterocycles. The van der Waals surface area contributed by atoms with Crippen LogP contribution < -0.4 is 0 Å². The number of hydrogen-bond acceptors (Lipinski definition) is 15. The minimum absolute atomic E-state index is 0.105. The molecule has 0 fully saturated rings. The van der Waals surface area contributed by atoms with Crippen molar-refractivity contribution in [1.29, 1.82) is 0 Å². The molecule has 0 aliphatic carbocycles. The number of carbonyl (C=O) groups excluding carboxylic acids is 4. The first-order valence-corrected chi connectivity index (χ1v) is 36.5. The molecule has 0 saturated heterocycles. The zero-order valence-electron chi connectivity index (χ0n) is 53.5. The Morgan fingerprint density at radius 3 is 0.819 bits per heavy atom. The second-order valence-electron chi connectivity index (χ2n) is 24.1. The Kier molecular flexibility index (Phi) is 55.2. The predicted molar refractivity (Wildman–Crippen MR) is 331 cm³/mol. The summed E-state index contributed by atoms with van der Waals surface area (Å²) < 4.78 is 67.9. The van der Waals surface area contributed by atoms with E-state index in [-0.39, 0.29) is 25.7 Å². The van der Waals surface area contributed by atoms with Gasteiger partial charge >= 0.3 is 39.5 Å². The number of carbonyl (C=O) groups is 4. The van der Waals surface area contributed by atoms with Gasteiger partial charge in [-0.15, -0.1) is 0 Å². The second-order valence-corrected chi connectivity index (χ2v) is 27.0. The van der Waals surface area contributed by atoms with Gasteiger partial charge in [-0.3, -0.25) is 37.3 Å². The molecule has 0 aromatic heterocycles. The largest absolute Gasteiger partial charge is 0.472 e. The standard InChI is InChI=1S/C64H124O17P2/c1-7-9-11-13-15-23-28-36-42-48-63(68)80-59(52-74-61(66)46-40-34-27-16-14-12-10-8-2)54-78-82(70,71)76-50-58(65)51-77-83(72,73)79-55-60(53-75-62(67)47-41-35-31-30-33-39-45-57(5)6)81-64(69)49-43-37-29-25-22-20-18-17-19-21-24-26-32-38-44-56(3)4/h56-60,65H,7-55H2,1-6H3,(H,70,71)(H,72,73)/t58-,59+,60+/m0/s1. The van der Waals surface area contributed by atoms with Crippen LogP contribution in [0.1, 0.15) is 318 Å². The minimum atomic E-state index is -4.94. The molecule has 0 heterocycles. The second kappa shape index (κ2) is 56.6. The van der Waals surface area contributed by atoms with E-state index in [4.69, 9.17) is 37.0 Å². The van der Waals surface area contributed by atoms with Gasteiger partial charge in [-0.1, -0.05) is 266 Å². The Balaban J connectivity index is 5.17. The van der Waals surface area contributed by atoms with Gasteiger partial charge < -0.3 is 33.8 Å². The van der Waals surface area contributed by atoms with Crippen molar-refractivity contribution in [2.45, 2.75) is 336 Å². The van der Waals surface area contributed by atoms with Gasteiger partial charge in [0.25, 0.3) is 0 Å². The number of phosphoric acid groups is 2. The SMILES string of the molecule is CCCCCCCCCCCC(=O)O[C@H](COC(=O)CCCCCCCCCC)COP(=O)(O)OC[C@H](O)COP(=O)(O)OC[C@@H](COC(=O)CCCCCCCCC(C)C)OC(=O)CCCCCCCCCCCCCCCCC(C)C. The van der Waals surface area contributed by atoms with Crippen molar-refractivity contribution in [1.82, 2.24) is 0 Å². The van der Waals surface area contributed by atoms with Crippen LogP contribution in [0.15, 0.2) is 0 Å². The maximum atomic E-state index is 13.0. The number of aliphatic hydroxyl groups excluding tert-OH is 1. The maximum absolute atomic E-state index is 13.0. The van der Waals surface area contributed by atoms with E-state index in [1.54, 1.807) is 0 Å². The van der Waals surface area contributed by atoms with Gasteiger partial charge in [0.2, 0.25) is 0 Å². The molecule has 0 aromatic rings. The lowest BCUT2D eigenvalue weighted by molar-refractivity contribution is -0.161. The van der Waals surface area contributed by atoms with Crippen molar-refractivity contribution < 1.29 is 80.2 Å². The lowest BCUT2D eigenvalue weighted by atomic mass is 10.0. The Hall–Kier alpha value is -1.94. The summed E-state index contributed by atoms with van der Waals surface area (Å²) in [5, 5.41) is 10.5. The molecule has 492 valence electrons. The van der Waals surface area contributed by atoms with E-state index in [0.717, 1.165) is 109 Å². The monoisotopic (exact) mass is 1230 g/mol. The highest BCUT2D eigenvalue weighted by molar-refractivity contribution is 7.47. The summed E-state index contributed by atoms with van der Waals surface area (Å²) in [6, 6.07) is 0. The van der Waals surface area contributed by atoms with Crippen LogP contribution in [0.25, 0.3) is 0 Å². The normalized spacial score (nSPS) is 14.3. The molecule has 17 nitrogen and oxygen atoms in total. The van der Waals surface area contributed by atoms with E-state index >= 15 is 0 Å². The number of phosphoric ester groups is 2.